The van der Waals surface area contributed by atoms with Crippen LogP contribution in [0.3, 0.4) is 0 Å². The second kappa shape index (κ2) is 18.5. The topological polar surface area (TPSA) is 26.3 Å². The van der Waals surface area contributed by atoms with Crippen molar-refractivity contribution in [3.63, 3.8) is 0 Å². The highest BCUT2D eigenvalue weighted by atomic mass is 16.5. The first-order valence-corrected chi connectivity index (χ1v) is 17.5. The van der Waals surface area contributed by atoms with Gasteiger partial charge in [-0.1, -0.05) is 141 Å². The van der Waals surface area contributed by atoms with Gasteiger partial charge in [0.05, 0.1) is 6.61 Å². The van der Waals surface area contributed by atoms with Gasteiger partial charge in [0.1, 0.15) is 0 Å². The molecule has 2 nitrogen and oxygen atoms in total. The number of hydrogen-bond donors (Lipinski definition) is 0. The van der Waals surface area contributed by atoms with Gasteiger partial charge in [-0.05, 0) is 63.2 Å². The predicted molar refractivity (Wildman–Crippen MR) is 163 cm³/mol. The molecule has 0 N–H and O–H groups in total. The van der Waals surface area contributed by atoms with Crippen LogP contribution in [0.25, 0.3) is 0 Å². The van der Waals surface area contributed by atoms with Gasteiger partial charge in [-0.2, -0.15) is 0 Å². The lowest BCUT2D eigenvalue weighted by atomic mass is 9.53. The van der Waals surface area contributed by atoms with Gasteiger partial charge in [0.25, 0.3) is 0 Å². The van der Waals surface area contributed by atoms with E-state index in [0.29, 0.717) is 29.9 Å². The number of esters is 1. The van der Waals surface area contributed by atoms with Crippen molar-refractivity contribution in [1.82, 2.24) is 0 Å². The third-order valence-corrected chi connectivity index (χ3v) is 10.9. The van der Waals surface area contributed by atoms with Crippen molar-refractivity contribution in [3.05, 3.63) is 12.2 Å². The third kappa shape index (κ3) is 10.3. The molecule has 38 heavy (non-hydrogen) atoms. The van der Waals surface area contributed by atoms with Crippen molar-refractivity contribution in [2.75, 3.05) is 6.61 Å². The molecular weight excluding hydrogens is 464 g/mol. The maximum Gasteiger partial charge on any atom is 0.333 e. The molecule has 0 unspecified atom stereocenters. The number of ether oxygens (including phenoxy) is 1. The molecule has 3 fully saturated rings. The molecule has 0 aliphatic heterocycles. The molecule has 3 saturated carbocycles. The first kappa shape index (κ1) is 31.7. The van der Waals surface area contributed by atoms with Crippen LogP contribution in [0.15, 0.2) is 12.2 Å². The van der Waals surface area contributed by atoms with E-state index < -0.39 is 0 Å². The lowest BCUT2D eigenvalue weighted by Gasteiger charge is -2.52. The van der Waals surface area contributed by atoms with Gasteiger partial charge in [-0.3, -0.25) is 0 Å². The average molecular weight is 529 g/mol. The molecular formula is C36H64O2. The minimum absolute atomic E-state index is 0.144. The standard InChI is InChI=1S/C36H64O2/c1-31(2)35(37)38-30-36(32-24-18-12-6-3-7-13-19-25-32,33-26-20-14-8-4-9-15-21-27-33)34-28-22-16-10-5-11-17-23-29-34/h32-34H,1,3-30H2,2H3. The van der Waals surface area contributed by atoms with E-state index >= 15 is 0 Å². The van der Waals surface area contributed by atoms with E-state index in [1.807, 2.05) is 6.92 Å². The molecule has 0 aromatic rings. The lowest BCUT2D eigenvalue weighted by molar-refractivity contribution is -0.153. The van der Waals surface area contributed by atoms with Crippen molar-refractivity contribution in [2.24, 2.45) is 23.2 Å². The quantitative estimate of drug-likeness (QED) is 0.253. The van der Waals surface area contributed by atoms with Crippen LogP contribution in [-0.4, -0.2) is 12.6 Å². The molecule has 2 heteroatoms. The summed E-state index contributed by atoms with van der Waals surface area (Å²) in [5.74, 6) is 1.98. The van der Waals surface area contributed by atoms with Crippen molar-refractivity contribution in [1.29, 1.82) is 0 Å². The molecule has 0 heterocycles. The molecule has 220 valence electrons. The summed E-state index contributed by atoms with van der Waals surface area (Å²) >= 11 is 0. The number of rotatable bonds is 6. The fourth-order valence-corrected chi connectivity index (χ4v) is 8.71. The molecule has 0 spiro atoms. The van der Waals surface area contributed by atoms with E-state index in [2.05, 4.69) is 6.58 Å². The summed E-state index contributed by atoms with van der Waals surface area (Å²) in [4.78, 5) is 13.0. The fourth-order valence-electron chi connectivity index (χ4n) is 8.71. The molecule has 0 aromatic carbocycles. The van der Waals surface area contributed by atoms with E-state index in [1.165, 1.54) is 173 Å². The fraction of sp³-hybridized carbons (Fsp3) is 0.917. The zero-order chi connectivity index (χ0) is 26.9. The molecule has 0 bridgehead atoms. The van der Waals surface area contributed by atoms with E-state index in [0.717, 1.165) is 0 Å². The van der Waals surface area contributed by atoms with Crippen LogP contribution in [0.4, 0.5) is 0 Å². The van der Waals surface area contributed by atoms with Gasteiger partial charge in [0.2, 0.25) is 0 Å². The molecule has 3 rings (SSSR count). The summed E-state index contributed by atoms with van der Waals surface area (Å²) in [5, 5.41) is 0. The van der Waals surface area contributed by atoms with Crippen LogP contribution in [0.2, 0.25) is 0 Å². The Labute approximate surface area is 237 Å². The van der Waals surface area contributed by atoms with Gasteiger partial charge in [-0.15, -0.1) is 0 Å². The summed E-state index contributed by atoms with van der Waals surface area (Å²) < 4.78 is 6.37. The lowest BCUT2D eigenvalue weighted by Crippen LogP contribution is -2.49. The van der Waals surface area contributed by atoms with Crippen LogP contribution in [0.5, 0.6) is 0 Å². The van der Waals surface area contributed by atoms with Crippen molar-refractivity contribution in [3.8, 4) is 0 Å². The molecule has 0 amide bonds. The van der Waals surface area contributed by atoms with Crippen molar-refractivity contribution in [2.45, 2.75) is 180 Å². The number of hydrogen-bond acceptors (Lipinski definition) is 2. The van der Waals surface area contributed by atoms with Crippen LogP contribution in [-0.2, 0) is 9.53 Å². The highest BCUT2D eigenvalue weighted by Crippen LogP contribution is 2.55. The van der Waals surface area contributed by atoms with E-state index in [1.54, 1.807) is 0 Å². The van der Waals surface area contributed by atoms with E-state index in [-0.39, 0.29) is 11.4 Å². The maximum atomic E-state index is 13.0. The van der Waals surface area contributed by atoms with Crippen LogP contribution in [0.1, 0.15) is 180 Å². The van der Waals surface area contributed by atoms with Gasteiger partial charge < -0.3 is 4.74 Å². The monoisotopic (exact) mass is 528 g/mol. The Morgan fingerprint density at radius 3 is 1.00 bits per heavy atom. The first-order chi connectivity index (χ1) is 18.6. The van der Waals surface area contributed by atoms with Crippen LogP contribution < -0.4 is 0 Å². The largest absolute Gasteiger partial charge is 0.462 e. The molecule has 3 aliphatic carbocycles. The molecule has 0 saturated heterocycles. The number of carbonyl (C=O) groups is 1. The Morgan fingerprint density at radius 2 is 0.763 bits per heavy atom. The Balaban J connectivity index is 2.02. The molecule has 0 aromatic heterocycles. The van der Waals surface area contributed by atoms with Gasteiger partial charge in [-0.25, -0.2) is 4.79 Å². The van der Waals surface area contributed by atoms with Gasteiger partial charge in [0, 0.05) is 11.0 Å². The van der Waals surface area contributed by atoms with Gasteiger partial charge >= 0.3 is 5.97 Å². The van der Waals surface area contributed by atoms with Gasteiger partial charge in [0.15, 0.2) is 0 Å². The molecule has 0 radical (unpaired) electrons. The Morgan fingerprint density at radius 1 is 0.526 bits per heavy atom. The zero-order valence-corrected chi connectivity index (χ0v) is 25.6. The predicted octanol–water partition coefficient (Wildman–Crippen LogP) is 11.5. The first-order valence-electron chi connectivity index (χ1n) is 17.5. The molecule has 0 atom stereocenters. The average Bonchev–Trinajstić information content (AvgIpc) is 2.94. The highest BCUT2D eigenvalue weighted by molar-refractivity contribution is 5.86. The normalized spacial score (nSPS) is 24.2. The Kier molecular flexibility index (Phi) is 15.5. The van der Waals surface area contributed by atoms with Crippen LogP contribution in [0, 0.1) is 23.2 Å². The Hall–Kier alpha value is -0.790. The third-order valence-electron chi connectivity index (χ3n) is 10.9. The van der Waals surface area contributed by atoms with E-state index in [4.69, 9.17) is 4.74 Å². The minimum Gasteiger partial charge on any atom is -0.462 e. The Bertz CT molecular complexity index is 557. The van der Waals surface area contributed by atoms with Crippen molar-refractivity contribution >= 4 is 5.97 Å². The van der Waals surface area contributed by atoms with Crippen molar-refractivity contribution < 1.29 is 9.53 Å². The highest BCUT2D eigenvalue weighted by Gasteiger charge is 2.50. The summed E-state index contributed by atoms with van der Waals surface area (Å²) in [6.07, 6.45) is 37.5. The maximum absolute atomic E-state index is 13.0. The SMILES string of the molecule is C=C(C)C(=O)OCC(C1CCCCCCCCC1)(C1CCCCCCCCC1)C1CCCCCCCCC1. The summed E-state index contributed by atoms with van der Waals surface area (Å²) in [5.41, 5.74) is 0.727. The summed E-state index contributed by atoms with van der Waals surface area (Å²) in [6, 6.07) is 0. The smallest absolute Gasteiger partial charge is 0.333 e. The summed E-state index contributed by atoms with van der Waals surface area (Å²) in [6.45, 7) is 6.47. The minimum atomic E-state index is -0.144. The second-order valence-electron chi connectivity index (χ2n) is 13.7. The molecule has 3 aliphatic rings. The zero-order valence-electron chi connectivity index (χ0n) is 25.6. The second-order valence-corrected chi connectivity index (χ2v) is 13.7. The number of carbonyl (C=O) groups excluding carboxylic acids is 1. The van der Waals surface area contributed by atoms with E-state index in [9.17, 15) is 4.79 Å². The van der Waals surface area contributed by atoms with Crippen LogP contribution >= 0.6 is 0 Å². The summed E-state index contributed by atoms with van der Waals surface area (Å²) in [7, 11) is 0.